The van der Waals surface area contributed by atoms with Crippen molar-refractivity contribution in [3.8, 4) is 0 Å². The number of para-hydroxylation sites is 2. The second-order valence-electron chi connectivity index (χ2n) is 7.90. The lowest BCUT2D eigenvalue weighted by molar-refractivity contribution is -0.133. The number of hydrogen-bond donors (Lipinski definition) is 1. The number of aromatic nitrogens is 1. The van der Waals surface area contributed by atoms with E-state index in [0.29, 0.717) is 24.5 Å². The Labute approximate surface area is 180 Å². The van der Waals surface area contributed by atoms with Crippen LogP contribution in [0.5, 0.6) is 0 Å². The average molecular weight is 439 g/mol. The van der Waals surface area contributed by atoms with Crippen LogP contribution < -0.4 is 4.72 Å². The molecule has 1 unspecified atom stereocenters. The lowest BCUT2D eigenvalue weighted by atomic mass is 9.97. The van der Waals surface area contributed by atoms with E-state index in [1.807, 2.05) is 24.3 Å². The number of fused-ring (bicyclic) bond motifs is 2. The molecule has 2 aliphatic heterocycles. The maximum absolute atomic E-state index is 13.1. The summed E-state index contributed by atoms with van der Waals surface area (Å²) in [5.74, 6) is 0.742. The van der Waals surface area contributed by atoms with E-state index in [2.05, 4.69) is 14.7 Å². The molecule has 0 spiro atoms. The van der Waals surface area contributed by atoms with Crippen molar-refractivity contribution < 1.29 is 17.6 Å². The van der Waals surface area contributed by atoms with Crippen molar-refractivity contribution in [1.29, 1.82) is 0 Å². The Hall–Kier alpha value is -3.20. The molecule has 5 rings (SSSR count). The van der Waals surface area contributed by atoms with Gasteiger partial charge in [0.05, 0.1) is 10.8 Å². The van der Waals surface area contributed by atoms with Crippen molar-refractivity contribution in [2.24, 2.45) is 4.99 Å². The zero-order valence-electron chi connectivity index (χ0n) is 17.0. The van der Waals surface area contributed by atoms with E-state index in [1.165, 1.54) is 6.07 Å². The van der Waals surface area contributed by atoms with Gasteiger partial charge in [0, 0.05) is 18.7 Å². The van der Waals surface area contributed by atoms with Crippen molar-refractivity contribution >= 4 is 32.9 Å². The van der Waals surface area contributed by atoms with E-state index < -0.39 is 16.1 Å². The molecule has 0 aliphatic carbocycles. The van der Waals surface area contributed by atoms with Gasteiger partial charge < -0.3 is 9.32 Å². The summed E-state index contributed by atoms with van der Waals surface area (Å²) in [5, 5.41) is 0. The lowest BCUT2D eigenvalue weighted by Gasteiger charge is -2.32. The van der Waals surface area contributed by atoms with Crippen LogP contribution in [0.3, 0.4) is 0 Å². The van der Waals surface area contributed by atoms with E-state index in [4.69, 9.17) is 4.42 Å². The number of sulfonamides is 1. The van der Waals surface area contributed by atoms with Crippen molar-refractivity contribution in [2.75, 3.05) is 13.1 Å². The first-order chi connectivity index (χ1) is 14.9. The average Bonchev–Trinajstić information content (AvgIpc) is 3.32. The monoisotopic (exact) mass is 438 g/mol. The third kappa shape index (κ3) is 3.59. The molecule has 31 heavy (non-hydrogen) atoms. The number of nitrogens with one attached hydrogen (secondary N) is 1. The second-order valence-corrected chi connectivity index (χ2v) is 9.55. The molecule has 3 heterocycles. The van der Waals surface area contributed by atoms with Crippen LogP contribution in [0.15, 0.2) is 62.8 Å². The molecular weight excluding hydrogens is 416 g/mol. The van der Waals surface area contributed by atoms with Crippen LogP contribution in [0.2, 0.25) is 0 Å². The molecule has 1 N–H and O–H groups in total. The Balaban J connectivity index is 1.34. The second kappa shape index (κ2) is 7.49. The molecule has 2 atom stereocenters. The van der Waals surface area contributed by atoms with Crippen LogP contribution >= 0.6 is 0 Å². The number of carbonyl (C=O) groups is 1. The molecule has 9 heteroatoms. The van der Waals surface area contributed by atoms with Crippen molar-refractivity contribution in [2.45, 2.75) is 36.6 Å². The highest BCUT2D eigenvalue weighted by molar-refractivity contribution is 7.90. The zero-order chi connectivity index (χ0) is 21.6. The number of amides is 1. The standard InChI is InChI=1S/C22H22N4O4S/c1-14(23-20-16-8-2-5-11-19(16)31(28,29)25-20)22(27)26-12-6-7-15(13-26)21-24-17-9-3-4-10-18(17)30-21/h2-5,8-11,14-15H,6-7,12-13H2,1H3,(H,23,25)/t14-,15?/m0/s1. The van der Waals surface area contributed by atoms with Gasteiger partial charge in [-0.1, -0.05) is 24.3 Å². The first-order valence-corrected chi connectivity index (χ1v) is 11.7. The number of carbonyl (C=O) groups excluding carboxylic acids is 1. The highest BCUT2D eigenvalue weighted by Crippen LogP contribution is 2.29. The molecule has 3 aromatic rings. The Morgan fingerprint density at radius 2 is 2.00 bits per heavy atom. The number of likely N-dealkylation sites (tertiary alicyclic amines) is 1. The first kappa shape index (κ1) is 19.7. The summed E-state index contributed by atoms with van der Waals surface area (Å²) >= 11 is 0. The molecular formula is C22H22N4O4S. The van der Waals surface area contributed by atoms with Crippen LogP contribution in [-0.2, 0) is 14.8 Å². The summed E-state index contributed by atoms with van der Waals surface area (Å²) in [6, 6.07) is 13.5. The summed E-state index contributed by atoms with van der Waals surface area (Å²) in [6.07, 6.45) is 1.74. The van der Waals surface area contributed by atoms with Crippen LogP contribution in [0.1, 0.15) is 37.1 Å². The molecule has 8 nitrogen and oxygen atoms in total. The lowest BCUT2D eigenvalue weighted by Crippen LogP contribution is -2.43. The predicted octanol–water partition coefficient (Wildman–Crippen LogP) is 2.66. The normalized spacial score (nSPS) is 22.3. The molecule has 1 fully saturated rings. The first-order valence-electron chi connectivity index (χ1n) is 10.3. The highest BCUT2D eigenvalue weighted by Gasteiger charge is 2.33. The van der Waals surface area contributed by atoms with Crippen molar-refractivity contribution in [3.05, 3.63) is 60.0 Å². The number of hydrogen-bond acceptors (Lipinski definition) is 6. The van der Waals surface area contributed by atoms with Crippen LogP contribution in [0.25, 0.3) is 11.1 Å². The largest absolute Gasteiger partial charge is 0.440 e. The van der Waals surface area contributed by atoms with Crippen LogP contribution in [0.4, 0.5) is 0 Å². The Morgan fingerprint density at radius 1 is 1.23 bits per heavy atom. The number of amidine groups is 1. The minimum atomic E-state index is -3.63. The van der Waals surface area contributed by atoms with Gasteiger partial charge in [0.25, 0.3) is 10.0 Å². The van der Waals surface area contributed by atoms with E-state index in [1.54, 1.807) is 30.0 Å². The Morgan fingerprint density at radius 3 is 2.84 bits per heavy atom. The quantitative estimate of drug-likeness (QED) is 0.677. The number of rotatable bonds is 3. The van der Waals surface area contributed by atoms with Gasteiger partial charge in [-0.3, -0.25) is 14.5 Å². The topological polar surface area (TPSA) is 105 Å². The predicted molar refractivity (Wildman–Crippen MR) is 115 cm³/mol. The SMILES string of the molecule is C[C@H](N=C1NS(=O)(=O)c2ccccc21)C(=O)N1CCCC(c2nc3ccccc3o2)C1. The summed E-state index contributed by atoms with van der Waals surface area (Å²) in [7, 11) is -3.63. The Kier molecular flexibility index (Phi) is 4.77. The molecule has 1 aromatic heterocycles. The molecule has 160 valence electrons. The summed E-state index contributed by atoms with van der Waals surface area (Å²) in [4.78, 5) is 24.1. The molecule has 1 amide bonds. The smallest absolute Gasteiger partial charge is 0.263 e. The third-order valence-electron chi connectivity index (χ3n) is 5.74. The van der Waals surface area contributed by atoms with Gasteiger partial charge in [-0.05, 0) is 44.0 Å². The maximum Gasteiger partial charge on any atom is 0.263 e. The van der Waals surface area contributed by atoms with E-state index >= 15 is 0 Å². The molecule has 1 saturated heterocycles. The van der Waals surface area contributed by atoms with Crippen LogP contribution in [-0.4, -0.2) is 49.2 Å². The van der Waals surface area contributed by atoms with Gasteiger partial charge in [-0.15, -0.1) is 0 Å². The summed E-state index contributed by atoms with van der Waals surface area (Å²) in [6.45, 7) is 2.82. The fourth-order valence-corrected chi connectivity index (χ4v) is 5.43. The highest BCUT2D eigenvalue weighted by atomic mass is 32.2. The number of oxazole rings is 1. The third-order valence-corrected chi connectivity index (χ3v) is 7.13. The minimum Gasteiger partial charge on any atom is -0.440 e. The summed E-state index contributed by atoms with van der Waals surface area (Å²) < 4.78 is 32.9. The van der Waals surface area contributed by atoms with E-state index in [-0.39, 0.29) is 22.6 Å². The van der Waals surface area contributed by atoms with Crippen LogP contribution in [0, 0.1) is 0 Å². The van der Waals surface area contributed by atoms with Gasteiger partial charge >= 0.3 is 0 Å². The molecule has 2 aliphatic rings. The van der Waals surface area contributed by atoms with Gasteiger partial charge in [0.1, 0.15) is 17.4 Å². The van der Waals surface area contributed by atoms with Gasteiger partial charge in [-0.25, -0.2) is 13.4 Å². The number of benzene rings is 2. The fourth-order valence-electron chi connectivity index (χ4n) is 4.19. The molecule has 2 aromatic carbocycles. The zero-order valence-corrected chi connectivity index (χ0v) is 17.8. The minimum absolute atomic E-state index is 0.0238. The van der Waals surface area contributed by atoms with Gasteiger partial charge in [0.15, 0.2) is 11.5 Å². The number of nitrogens with zero attached hydrogens (tertiary/aromatic N) is 3. The number of aliphatic imine (C=N–C) groups is 1. The maximum atomic E-state index is 13.1. The van der Waals surface area contributed by atoms with Gasteiger partial charge in [-0.2, -0.15) is 0 Å². The molecule has 0 saturated carbocycles. The van der Waals surface area contributed by atoms with E-state index in [0.717, 1.165) is 23.9 Å². The molecule has 0 bridgehead atoms. The fraction of sp³-hybridized carbons (Fsp3) is 0.318. The van der Waals surface area contributed by atoms with Gasteiger partial charge in [0.2, 0.25) is 5.91 Å². The Bertz CT molecular complexity index is 1260. The van der Waals surface area contributed by atoms with Crippen molar-refractivity contribution in [1.82, 2.24) is 14.6 Å². The van der Waals surface area contributed by atoms with E-state index in [9.17, 15) is 13.2 Å². The summed E-state index contributed by atoms with van der Waals surface area (Å²) in [5.41, 5.74) is 2.05. The molecule has 0 radical (unpaired) electrons. The van der Waals surface area contributed by atoms with Crippen molar-refractivity contribution in [3.63, 3.8) is 0 Å². The number of piperidine rings is 1.